The second kappa shape index (κ2) is 10.9. The molecule has 2 heterocycles. The van der Waals surface area contributed by atoms with Gasteiger partial charge in [-0.15, -0.1) is 13.2 Å². The molecule has 0 saturated heterocycles. The van der Waals surface area contributed by atoms with Crippen molar-refractivity contribution in [3.05, 3.63) is 84.4 Å². The lowest BCUT2D eigenvalue weighted by atomic mass is 9.96. The number of alkyl halides is 3. The van der Waals surface area contributed by atoms with E-state index in [0.29, 0.717) is 28.0 Å². The number of aromatic nitrogens is 3. The minimum absolute atomic E-state index is 0.176. The van der Waals surface area contributed by atoms with Crippen molar-refractivity contribution in [1.82, 2.24) is 15.0 Å². The fraction of sp³-hybridized carbons (Fsp3) is 0.154. The maximum Gasteiger partial charge on any atom is 0.573 e. The standard InChI is InChI=1S/C26H21F3N4O4/c1-35-23-21(17-6-8-30-9-7-17)11-18(12-22(23)24(34)36-2)19-14-32-25(33-15-19)31-13-16-4-3-5-20(10-16)37-26(27,28)29/h3-12,14-15H,13H2,1-2H3,(H,31,32,33). The number of nitrogens with one attached hydrogen (secondary N) is 1. The molecule has 0 aliphatic heterocycles. The molecule has 0 aliphatic rings. The van der Waals surface area contributed by atoms with Crippen LogP contribution < -0.4 is 14.8 Å². The van der Waals surface area contributed by atoms with Crippen LogP contribution in [0.4, 0.5) is 19.1 Å². The summed E-state index contributed by atoms with van der Waals surface area (Å²) in [6, 6.07) is 12.7. The average molecular weight is 510 g/mol. The first-order valence-electron chi connectivity index (χ1n) is 10.9. The summed E-state index contributed by atoms with van der Waals surface area (Å²) < 4.78 is 51.8. The van der Waals surface area contributed by atoms with E-state index in [1.54, 1.807) is 49.1 Å². The molecular weight excluding hydrogens is 489 g/mol. The maximum atomic E-state index is 12.5. The van der Waals surface area contributed by atoms with Crippen LogP contribution in [-0.4, -0.2) is 41.5 Å². The lowest BCUT2D eigenvalue weighted by Crippen LogP contribution is -2.17. The molecular formula is C26H21F3N4O4. The van der Waals surface area contributed by atoms with Crippen LogP contribution in [0.5, 0.6) is 11.5 Å². The van der Waals surface area contributed by atoms with Crippen molar-refractivity contribution in [2.45, 2.75) is 12.9 Å². The zero-order chi connectivity index (χ0) is 26.4. The van der Waals surface area contributed by atoms with Crippen molar-refractivity contribution in [2.75, 3.05) is 19.5 Å². The van der Waals surface area contributed by atoms with Gasteiger partial charge in [-0.3, -0.25) is 4.98 Å². The van der Waals surface area contributed by atoms with Crippen LogP contribution in [0, 0.1) is 0 Å². The third kappa shape index (κ3) is 6.31. The monoisotopic (exact) mass is 510 g/mol. The zero-order valence-electron chi connectivity index (χ0n) is 19.7. The molecule has 11 heteroatoms. The number of hydrogen-bond acceptors (Lipinski definition) is 8. The quantitative estimate of drug-likeness (QED) is 0.310. The summed E-state index contributed by atoms with van der Waals surface area (Å²) in [6.45, 7) is 0.176. The lowest BCUT2D eigenvalue weighted by Gasteiger charge is -2.15. The molecule has 0 bridgehead atoms. The Morgan fingerprint density at radius 1 is 0.946 bits per heavy atom. The van der Waals surface area contributed by atoms with Gasteiger partial charge < -0.3 is 19.5 Å². The van der Waals surface area contributed by atoms with Crippen molar-refractivity contribution >= 4 is 11.9 Å². The summed E-state index contributed by atoms with van der Waals surface area (Å²) in [7, 11) is 2.76. The van der Waals surface area contributed by atoms with Crippen LogP contribution in [-0.2, 0) is 11.3 Å². The Morgan fingerprint density at radius 3 is 2.32 bits per heavy atom. The minimum Gasteiger partial charge on any atom is -0.495 e. The van der Waals surface area contributed by atoms with Crippen LogP contribution in [0.1, 0.15) is 15.9 Å². The van der Waals surface area contributed by atoms with Crippen molar-refractivity contribution in [2.24, 2.45) is 0 Å². The van der Waals surface area contributed by atoms with Gasteiger partial charge in [0, 0.05) is 42.5 Å². The highest BCUT2D eigenvalue weighted by atomic mass is 19.4. The molecule has 0 atom stereocenters. The number of ether oxygens (including phenoxy) is 3. The highest BCUT2D eigenvalue weighted by Gasteiger charge is 2.31. The third-order valence-corrected chi connectivity index (χ3v) is 5.26. The van der Waals surface area contributed by atoms with Gasteiger partial charge in [-0.05, 0) is 53.1 Å². The van der Waals surface area contributed by atoms with E-state index in [0.717, 1.165) is 5.56 Å². The molecule has 0 spiro atoms. The fourth-order valence-corrected chi connectivity index (χ4v) is 3.62. The van der Waals surface area contributed by atoms with E-state index in [1.807, 2.05) is 6.07 Å². The zero-order valence-corrected chi connectivity index (χ0v) is 19.7. The summed E-state index contributed by atoms with van der Waals surface area (Å²) in [5, 5.41) is 2.96. The van der Waals surface area contributed by atoms with Gasteiger partial charge >= 0.3 is 12.3 Å². The highest BCUT2D eigenvalue weighted by molar-refractivity contribution is 5.98. The molecule has 1 N–H and O–H groups in total. The molecule has 4 aromatic rings. The summed E-state index contributed by atoms with van der Waals surface area (Å²) in [5.74, 6) is -0.251. The summed E-state index contributed by atoms with van der Waals surface area (Å²) in [4.78, 5) is 25.1. The maximum absolute atomic E-state index is 12.5. The Labute approximate surface area is 210 Å². The fourth-order valence-electron chi connectivity index (χ4n) is 3.62. The van der Waals surface area contributed by atoms with Crippen molar-refractivity contribution in [3.8, 4) is 33.8 Å². The summed E-state index contributed by atoms with van der Waals surface area (Å²) >= 11 is 0. The first-order valence-corrected chi connectivity index (χ1v) is 10.9. The molecule has 0 aliphatic carbocycles. The van der Waals surface area contributed by atoms with E-state index >= 15 is 0 Å². The van der Waals surface area contributed by atoms with Crippen LogP contribution in [0.15, 0.2) is 73.3 Å². The second-order valence-corrected chi connectivity index (χ2v) is 7.68. The Morgan fingerprint density at radius 2 is 1.68 bits per heavy atom. The molecule has 37 heavy (non-hydrogen) atoms. The molecule has 8 nitrogen and oxygen atoms in total. The molecule has 0 saturated carbocycles. The van der Waals surface area contributed by atoms with Crippen LogP contribution in [0.3, 0.4) is 0 Å². The number of rotatable bonds is 8. The van der Waals surface area contributed by atoms with Gasteiger partial charge in [-0.2, -0.15) is 0 Å². The lowest BCUT2D eigenvalue weighted by molar-refractivity contribution is -0.274. The average Bonchev–Trinajstić information content (AvgIpc) is 2.90. The Bertz CT molecular complexity index is 1380. The van der Waals surface area contributed by atoms with E-state index in [9.17, 15) is 18.0 Å². The number of methoxy groups -OCH3 is 2. The Kier molecular flexibility index (Phi) is 7.52. The topological polar surface area (TPSA) is 95.5 Å². The first-order chi connectivity index (χ1) is 17.8. The SMILES string of the molecule is COC(=O)c1cc(-c2cnc(NCc3cccc(OC(F)(F)F)c3)nc2)cc(-c2ccncc2)c1OC. The van der Waals surface area contributed by atoms with Gasteiger partial charge in [-0.1, -0.05) is 12.1 Å². The van der Waals surface area contributed by atoms with E-state index in [4.69, 9.17) is 9.47 Å². The number of benzene rings is 2. The number of nitrogens with zero attached hydrogens (tertiary/aromatic N) is 3. The van der Waals surface area contributed by atoms with Crippen molar-refractivity contribution in [3.63, 3.8) is 0 Å². The van der Waals surface area contributed by atoms with Gasteiger partial charge in [0.05, 0.1) is 14.2 Å². The van der Waals surface area contributed by atoms with E-state index in [-0.39, 0.29) is 23.8 Å². The second-order valence-electron chi connectivity index (χ2n) is 7.68. The van der Waals surface area contributed by atoms with Crippen LogP contribution in [0.25, 0.3) is 22.3 Å². The van der Waals surface area contributed by atoms with Gasteiger partial charge in [-0.25, -0.2) is 14.8 Å². The van der Waals surface area contributed by atoms with Gasteiger partial charge in [0.2, 0.25) is 5.95 Å². The van der Waals surface area contributed by atoms with Crippen molar-refractivity contribution in [1.29, 1.82) is 0 Å². The van der Waals surface area contributed by atoms with Gasteiger partial charge in [0.15, 0.2) is 0 Å². The predicted molar refractivity (Wildman–Crippen MR) is 129 cm³/mol. The molecule has 2 aromatic heterocycles. The molecule has 4 rings (SSSR count). The van der Waals surface area contributed by atoms with E-state index < -0.39 is 12.3 Å². The van der Waals surface area contributed by atoms with Crippen LogP contribution >= 0.6 is 0 Å². The summed E-state index contributed by atoms with van der Waals surface area (Å²) in [5.41, 5.74) is 3.50. The van der Waals surface area contributed by atoms with Crippen LogP contribution in [0.2, 0.25) is 0 Å². The number of carbonyl (C=O) groups excluding carboxylic acids is 1. The molecule has 0 radical (unpaired) electrons. The third-order valence-electron chi connectivity index (χ3n) is 5.26. The minimum atomic E-state index is -4.77. The van der Waals surface area contributed by atoms with E-state index in [2.05, 4.69) is 25.0 Å². The number of halogens is 3. The van der Waals surface area contributed by atoms with Crippen molar-refractivity contribution < 1.29 is 32.2 Å². The van der Waals surface area contributed by atoms with Gasteiger partial charge in [0.25, 0.3) is 0 Å². The summed E-state index contributed by atoms with van der Waals surface area (Å²) in [6.07, 6.45) is 1.63. The Balaban J connectivity index is 1.59. The molecule has 190 valence electrons. The normalized spacial score (nSPS) is 11.1. The molecule has 0 fully saturated rings. The van der Waals surface area contributed by atoms with Gasteiger partial charge in [0.1, 0.15) is 17.1 Å². The Hall–Kier alpha value is -4.67. The van der Waals surface area contributed by atoms with E-state index in [1.165, 1.54) is 32.4 Å². The predicted octanol–water partition coefficient (Wildman–Crippen LogP) is 5.51. The number of esters is 1. The molecule has 2 aromatic carbocycles. The molecule has 0 amide bonds. The highest BCUT2D eigenvalue weighted by Crippen LogP contribution is 2.37. The number of carbonyl (C=O) groups is 1. The number of anilines is 1. The first kappa shape index (κ1) is 25.4. The largest absolute Gasteiger partial charge is 0.573 e. The number of pyridine rings is 1. The number of hydrogen-bond donors (Lipinski definition) is 1. The smallest absolute Gasteiger partial charge is 0.495 e. The molecule has 0 unspecified atom stereocenters.